The second-order valence-electron chi connectivity index (χ2n) is 6.30. The number of halogens is 1. The van der Waals surface area contributed by atoms with E-state index in [0.29, 0.717) is 23.7 Å². The average molecular weight is 357 g/mol. The zero-order valence-electron chi connectivity index (χ0n) is 14.4. The summed E-state index contributed by atoms with van der Waals surface area (Å²) >= 11 is 5.99. The summed E-state index contributed by atoms with van der Waals surface area (Å²) < 4.78 is 0. The van der Waals surface area contributed by atoms with Crippen LogP contribution >= 0.6 is 11.6 Å². The number of hydrogen-bond acceptors (Lipinski definition) is 2. The minimum atomic E-state index is -0.663. The van der Waals surface area contributed by atoms with E-state index in [-0.39, 0.29) is 11.8 Å². The van der Waals surface area contributed by atoms with Crippen molar-refractivity contribution in [3.05, 3.63) is 58.6 Å². The molecular formula is C20H21ClN2O2. The Bertz CT molecular complexity index is 802. The number of nitrogens with one attached hydrogen (secondary N) is 1. The van der Waals surface area contributed by atoms with Crippen molar-refractivity contribution in [1.29, 1.82) is 0 Å². The molecule has 1 heterocycles. The summed E-state index contributed by atoms with van der Waals surface area (Å²) in [6.45, 7) is 4.54. The predicted octanol–water partition coefficient (Wildman–Crippen LogP) is 4.20. The molecule has 1 N–H and O–H groups in total. The number of amides is 2. The molecule has 0 saturated carbocycles. The molecule has 0 aliphatic carbocycles. The van der Waals surface area contributed by atoms with Crippen molar-refractivity contribution in [3.8, 4) is 0 Å². The molecule has 4 nitrogen and oxygen atoms in total. The Balaban J connectivity index is 1.72. The molecule has 130 valence electrons. The van der Waals surface area contributed by atoms with Gasteiger partial charge in [0.05, 0.1) is 0 Å². The second kappa shape index (κ2) is 7.28. The van der Waals surface area contributed by atoms with Gasteiger partial charge in [0.25, 0.3) is 0 Å². The van der Waals surface area contributed by atoms with E-state index in [1.807, 2.05) is 37.3 Å². The number of carbonyl (C=O) groups is 2. The van der Waals surface area contributed by atoms with Crippen LogP contribution < -0.4 is 10.2 Å². The van der Waals surface area contributed by atoms with Gasteiger partial charge in [0.15, 0.2) is 0 Å². The number of aryl methyl sites for hydroxylation is 2. The predicted molar refractivity (Wildman–Crippen MR) is 101 cm³/mol. The van der Waals surface area contributed by atoms with Crippen LogP contribution in [0.4, 0.5) is 11.4 Å². The average Bonchev–Trinajstić information content (AvgIpc) is 3.00. The summed E-state index contributed by atoms with van der Waals surface area (Å²) in [5.74, 6) is -1.09. The van der Waals surface area contributed by atoms with E-state index in [9.17, 15) is 9.59 Å². The summed E-state index contributed by atoms with van der Waals surface area (Å²) in [5, 5.41) is 3.39. The summed E-state index contributed by atoms with van der Waals surface area (Å²) in [4.78, 5) is 26.9. The van der Waals surface area contributed by atoms with Gasteiger partial charge in [-0.15, -0.1) is 0 Å². The van der Waals surface area contributed by atoms with E-state index >= 15 is 0 Å². The van der Waals surface area contributed by atoms with Gasteiger partial charge in [-0.25, -0.2) is 0 Å². The van der Waals surface area contributed by atoms with Crippen molar-refractivity contribution in [2.75, 3.05) is 16.8 Å². The van der Waals surface area contributed by atoms with Crippen LogP contribution in [0.2, 0.25) is 5.02 Å². The van der Waals surface area contributed by atoms with Gasteiger partial charge in [0.1, 0.15) is 5.92 Å². The van der Waals surface area contributed by atoms with Crippen LogP contribution in [0.5, 0.6) is 0 Å². The van der Waals surface area contributed by atoms with Crippen molar-refractivity contribution < 1.29 is 9.59 Å². The van der Waals surface area contributed by atoms with Crippen molar-refractivity contribution in [1.82, 2.24) is 0 Å². The van der Waals surface area contributed by atoms with Gasteiger partial charge in [-0.2, -0.15) is 0 Å². The third-order valence-electron chi connectivity index (χ3n) is 4.64. The third kappa shape index (κ3) is 3.69. The number of anilines is 2. The van der Waals surface area contributed by atoms with E-state index in [4.69, 9.17) is 11.6 Å². The highest BCUT2D eigenvalue weighted by molar-refractivity contribution is 6.31. The highest BCUT2D eigenvalue weighted by Crippen LogP contribution is 2.27. The Morgan fingerprint density at radius 2 is 1.96 bits per heavy atom. The Hall–Kier alpha value is -2.33. The maximum absolute atomic E-state index is 12.7. The smallest absolute Gasteiger partial charge is 0.239 e. The van der Waals surface area contributed by atoms with Crippen LogP contribution in [-0.2, 0) is 16.0 Å². The largest absolute Gasteiger partial charge is 0.325 e. The summed E-state index contributed by atoms with van der Waals surface area (Å²) in [6.07, 6.45) is 1.47. The quantitative estimate of drug-likeness (QED) is 0.834. The molecule has 1 aliphatic heterocycles. The van der Waals surface area contributed by atoms with Gasteiger partial charge in [-0.3, -0.25) is 9.59 Å². The molecule has 1 unspecified atom stereocenters. The summed E-state index contributed by atoms with van der Waals surface area (Å²) in [6, 6.07) is 13.2. The molecule has 3 rings (SSSR count). The van der Waals surface area contributed by atoms with Gasteiger partial charge in [-0.1, -0.05) is 36.7 Å². The van der Waals surface area contributed by atoms with Crippen LogP contribution in [-0.4, -0.2) is 18.4 Å². The molecular weight excluding hydrogens is 336 g/mol. The minimum Gasteiger partial charge on any atom is -0.325 e. The lowest BCUT2D eigenvalue weighted by atomic mass is 10.1. The molecule has 0 radical (unpaired) electrons. The fourth-order valence-electron chi connectivity index (χ4n) is 3.04. The number of carbonyl (C=O) groups excluding carboxylic acids is 2. The van der Waals surface area contributed by atoms with Crippen molar-refractivity contribution >= 4 is 34.8 Å². The Kier molecular flexibility index (Phi) is 5.09. The standard InChI is InChI=1S/C20H21ClN2O2/c1-3-14-5-8-16(9-6-14)23-11-10-17(20(23)25)19(24)22-18-12-15(21)7-4-13(18)2/h4-9,12,17H,3,10-11H2,1-2H3,(H,22,24). The number of benzene rings is 2. The molecule has 1 saturated heterocycles. The Morgan fingerprint density at radius 3 is 2.64 bits per heavy atom. The first-order chi connectivity index (χ1) is 12.0. The number of hydrogen-bond donors (Lipinski definition) is 1. The highest BCUT2D eigenvalue weighted by atomic mass is 35.5. The van der Waals surface area contributed by atoms with E-state index < -0.39 is 5.92 Å². The lowest BCUT2D eigenvalue weighted by Crippen LogP contribution is -2.33. The van der Waals surface area contributed by atoms with E-state index in [0.717, 1.165) is 17.7 Å². The van der Waals surface area contributed by atoms with Gasteiger partial charge >= 0.3 is 0 Å². The molecule has 5 heteroatoms. The zero-order chi connectivity index (χ0) is 18.0. The summed E-state index contributed by atoms with van der Waals surface area (Å²) in [7, 11) is 0. The molecule has 1 atom stereocenters. The second-order valence-corrected chi connectivity index (χ2v) is 6.74. The van der Waals surface area contributed by atoms with Crippen LogP contribution in [0.15, 0.2) is 42.5 Å². The third-order valence-corrected chi connectivity index (χ3v) is 4.87. The van der Waals surface area contributed by atoms with Crippen LogP contribution in [0.3, 0.4) is 0 Å². The lowest BCUT2D eigenvalue weighted by Gasteiger charge is -2.17. The first-order valence-electron chi connectivity index (χ1n) is 8.47. The molecule has 2 aromatic rings. The van der Waals surface area contributed by atoms with Crippen LogP contribution in [0.25, 0.3) is 0 Å². The van der Waals surface area contributed by atoms with Gasteiger partial charge in [-0.05, 0) is 55.2 Å². The van der Waals surface area contributed by atoms with Crippen LogP contribution in [0.1, 0.15) is 24.5 Å². The van der Waals surface area contributed by atoms with Crippen molar-refractivity contribution in [2.45, 2.75) is 26.7 Å². The van der Waals surface area contributed by atoms with E-state index in [2.05, 4.69) is 12.2 Å². The molecule has 0 aromatic heterocycles. The van der Waals surface area contributed by atoms with E-state index in [1.165, 1.54) is 5.56 Å². The fourth-order valence-corrected chi connectivity index (χ4v) is 3.21. The van der Waals surface area contributed by atoms with Gasteiger partial charge < -0.3 is 10.2 Å². The molecule has 0 bridgehead atoms. The molecule has 2 aromatic carbocycles. The van der Waals surface area contributed by atoms with Crippen molar-refractivity contribution in [3.63, 3.8) is 0 Å². The fraction of sp³-hybridized carbons (Fsp3) is 0.300. The zero-order valence-corrected chi connectivity index (χ0v) is 15.1. The molecule has 1 aliphatic rings. The minimum absolute atomic E-state index is 0.151. The van der Waals surface area contributed by atoms with Gasteiger partial charge in [0, 0.05) is 22.9 Å². The SMILES string of the molecule is CCc1ccc(N2CCC(C(=O)Nc3cc(Cl)ccc3C)C2=O)cc1. The lowest BCUT2D eigenvalue weighted by molar-refractivity contribution is -0.129. The molecule has 25 heavy (non-hydrogen) atoms. The maximum atomic E-state index is 12.7. The van der Waals surface area contributed by atoms with Crippen LogP contribution in [0, 0.1) is 12.8 Å². The topological polar surface area (TPSA) is 49.4 Å². The first kappa shape index (κ1) is 17.5. The maximum Gasteiger partial charge on any atom is 0.239 e. The van der Waals surface area contributed by atoms with Crippen molar-refractivity contribution in [2.24, 2.45) is 5.92 Å². The number of rotatable bonds is 4. The Morgan fingerprint density at radius 1 is 1.24 bits per heavy atom. The molecule has 2 amide bonds. The van der Waals surface area contributed by atoms with E-state index in [1.54, 1.807) is 17.0 Å². The van der Waals surface area contributed by atoms with Gasteiger partial charge in [0.2, 0.25) is 11.8 Å². The molecule has 0 spiro atoms. The highest BCUT2D eigenvalue weighted by Gasteiger charge is 2.37. The monoisotopic (exact) mass is 356 g/mol. The summed E-state index contributed by atoms with van der Waals surface area (Å²) in [5.41, 5.74) is 3.63. The number of nitrogens with zero attached hydrogens (tertiary/aromatic N) is 1. The normalized spacial score (nSPS) is 17.0. The molecule has 1 fully saturated rings. The Labute approximate surface area is 152 Å². The first-order valence-corrected chi connectivity index (χ1v) is 8.84.